The number of hydrogen-bond donors (Lipinski definition) is 3. The van der Waals surface area contributed by atoms with Crippen LogP contribution < -0.4 is 0 Å². The molecule has 0 aromatic carbocycles. The molecule has 4 fully saturated rings. The SMILES string of the molecule is CCCC(=O)C1([C@H](O)C=CC(C)(C)[C@H]2CC[C@H]3C(=CC=C4C[C@@H](O)C[C@H](O)C4)CCC[C@]23C)CC1. The van der Waals surface area contributed by atoms with Gasteiger partial charge in [0.2, 0.25) is 0 Å². The highest BCUT2D eigenvalue weighted by atomic mass is 16.3. The van der Waals surface area contributed by atoms with Crippen LogP contribution in [0.5, 0.6) is 0 Å². The molecule has 4 saturated carbocycles. The Bertz CT molecular complexity index is 864. The Balaban J connectivity index is 1.48. The minimum absolute atomic E-state index is 0.0487. The van der Waals surface area contributed by atoms with Crippen molar-refractivity contribution in [2.45, 2.75) is 123 Å². The lowest BCUT2D eigenvalue weighted by Crippen LogP contribution is -2.39. The van der Waals surface area contributed by atoms with Gasteiger partial charge >= 0.3 is 0 Å². The van der Waals surface area contributed by atoms with Gasteiger partial charge in [-0.25, -0.2) is 0 Å². The first kappa shape index (κ1) is 26.8. The fraction of sp³-hybridized carbons (Fsp3) is 0.774. The quantitative estimate of drug-likeness (QED) is 0.366. The van der Waals surface area contributed by atoms with Gasteiger partial charge in [-0.05, 0) is 93.3 Å². The molecule has 0 radical (unpaired) electrons. The van der Waals surface area contributed by atoms with Crippen LogP contribution in [0.25, 0.3) is 0 Å². The van der Waals surface area contributed by atoms with E-state index in [0.717, 1.165) is 31.3 Å². The van der Waals surface area contributed by atoms with Gasteiger partial charge in [-0.15, -0.1) is 0 Å². The summed E-state index contributed by atoms with van der Waals surface area (Å²) in [6, 6.07) is 0. The summed E-state index contributed by atoms with van der Waals surface area (Å²) in [6.07, 6.45) is 18.0. The van der Waals surface area contributed by atoms with Gasteiger partial charge in [-0.1, -0.05) is 63.1 Å². The maximum absolute atomic E-state index is 12.6. The van der Waals surface area contributed by atoms with Gasteiger partial charge in [0.1, 0.15) is 5.78 Å². The maximum Gasteiger partial charge on any atom is 0.141 e. The molecule has 4 nitrogen and oxygen atoms in total. The molecule has 0 aromatic rings. The van der Waals surface area contributed by atoms with Crippen LogP contribution in [0.3, 0.4) is 0 Å². The number of allylic oxidation sites excluding steroid dienone is 4. The lowest BCUT2D eigenvalue weighted by molar-refractivity contribution is -0.127. The zero-order valence-electron chi connectivity index (χ0n) is 22.4. The Morgan fingerprint density at radius 3 is 2.43 bits per heavy atom. The first-order chi connectivity index (χ1) is 16.5. The largest absolute Gasteiger partial charge is 0.393 e. The summed E-state index contributed by atoms with van der Waals surface area (Å²) in [5.41, 5.74) is 2.36. The molecule has 6 atom stereocenters. The monoisotopic (exact) mass is 484 g/mol. The zero-order valence-corrected chi connectivity index (χ0v) is 22.4. The lowest BCUT2D eigenvalue weighted by Gasteiger charge is -2.47. The van der Waals surface area contributed by atoms with E-state index in [2.05, 4.69) is 39.0 Å². The minimum Gasteiger partial charge on any atom is -0.393 e. The van der Waals surface area contributed by atoms with E-state index in [1.54, 1.807) is 0 Å². The number of hydrogen-bond acceptors (Lipinski definition) is 4. The topological polar surface area (TPSA) is 77.8 Å². The van der Waals surface area contributed by atoms with Crippen molar-refractivity contribution in [1.82, 2.24) is 0 Å². The van der Waals surface area contributed by atoms with Gasteiger partial charge in [0.15, 0.2) is 0 Å². The first-order valence-corrected chi connectivity index (χ1v) is 14.2. The molecule has 0 unspecified atom stereocenters. The number of Topliss-reactive ketones (excluding diaryl/α,β-unsaturated/α-hetero) is 1. The van der Waals surface area contributed by atoms with Crippen LogP contribution in [-0.4, -0.2) is 39.4 Å². The number of aliphatic hydroxyl groups is 3. The smallest absolute Gasteiger partial charge is 0.141 e. The summed E-state index contributed by atoms with van der Waals surface area (Å²) in [4.78, 5) is 12.6. The molecule has 35 heavy (non-hydrogen) atoms. The molecular formula is C31H48O4. The molecular weight excluding hydrogens is 436 g/mol. The third kappa shape index (κ3) is 5.40. The third-order valence-electron chi connectivity index (χ3n) is 10.0. The van der Waals surface area contributed by atoms with Crippen molar-refractivity contribution in [3.63, 3.8) is 0 Å². The molecule has 3 N–H and O–H groups in total. The average molecular weight is 485 g/mol. The number of carbonyl (C=O) groups is 1. The van der Waals surface area contributed by atoms with Crippen LogP contribution in [-0.2, 0) is 4.79 Å². The Morgan fingerprint density at radius 1 is 1.11 bits per heavy atom. The predicted octanol–water partition coefficient (Wildman–Crippen LogP) is 6.05. The highest BCUT2D eigenvalue weighted by Gasteiger charge is 2.55. The molecule has 4 heteroatoms. The van der Waals surface area contributed by atoms with Crippen LogP contribution >= 0.6 is 0 Å². The van der Waals surface area contributed by atoms with E-state index in [-0.39, 0.29) is 16.6 Å². The summed E-state index contributed by atoms with van der Waals surface area (Å²) in [5, 5.41) is 31.0. The Hall–Kier alpha value is -1.23. The second-order valence-corrected chi connectivity index (χ2v) is 13.0. The predicted molar refractivity (Wildman–Crippen MR) is 141 cm³/mol. The number of aliphatic hydroxyl groups excluding tert-OH is 3. The van der Waals surface area contributed by atoms with Crippen molar-refractivity contribution in [3.05, 3.63) is 35.5 Å². The fourth-order valence-electron chi connectivity index (χ4n) is 7.98. The summed E-state index contributed by atoms with van der Waals surface area (Å²) < 4.78 is 0. The molecule has 0 spiro atoms. The van der Waals surface area contributed by atoms with Gasteiger partial charge in [-0.2, -0.15) is 0 Å². The van der Waals surface area contributed by atoms with Crippen LogP contribution in [0.2, 0.25) is 0 Å². The molecule has 0 bridgehead atoms. The van der Waals surface area contributed by atoms with Crippen molar-refractivity contribution in [1.29, 1.82) is 0 Å². The van der Waals surface area contributed by atoms with Crippen molar-refractivity contribution in [2.75, 3.05) is 0 Å². The molecule has 0 aliphatic heterocycles. The van der Waals surface area contributed by atoms with Crippen molar-refractivity contribution in [3.8, 4) is 0 Å². The van der Waals surface area contributed by atoms with E-state index in [1.807, 2.05) is 13.0 Å². The second kappa shape index (κ2) is 10.3. The molecule has 4 rings (SSSR count). The van der Waals surface area contributed by atoms with E-state index < -0.39 is 23.7 Å². The molecule has 0 aromatic heterocycles. The van der Waals surface area contributed by atoms with Crippen LogP contribution in [0.4, 0.5) is 0 Å². The summed E-state index contributed by atoms with van der Waals surface area (Å²) in [7, 11) is 0. The molecule has 4 aliphatic carbocycles. The molecule has 4 aliphatic rings. The number of rotatable bonds is 8. The van der Waals surface area contributed by atoms with Crippen LogP contribution in [0.15, 0.2) is 35.5 Å². The van der Waals surface area contributed by atoms with E-state index in [0.29, 0.717) is 37.5 Å². The van der Waals surface area contributed by atoms with E-state index in [9.17, 15) is 20.1 Å². The van der Waals surface area contributed by atoms with Gasteiger partial charge in [0, 0.05) is 6.42 Å². The number of fused-ring (bicyclic) bond motifs is 1. The standard InChI is InChI=1S/C31H48O4/c1-5-7-27(34)31(16-17-31)28(35)13-15-29(2,3)26-12-11-25-22(8-6-14-30(25,26)4)10-9-21-18-23(32)20-24(33)19-21/h9-10,13,15,23-26,28,32-33,35H,5-8,11-12,14,16-20H2,1-4H3/t23-,24-,25+,26-,28-,30+/m1/s1. The third-order valence-corrected chi connectivity index (χ3v) is 10.0. The average Bonchev–Trinajstić information content (AvgIpc) is 3.51. The summed E-state index contributed by atoms with van der Waals surface area (Å²) in [6.45, 7) is 9.13. The molecule has 196 valence electrons. The zero-order chi connectivity index (χ0) is 25.4. The number of ketones is 1. The summed E-state index contributed by atoms with van der Waals surface area (Å²) in [5.74, 6) is 1.33. The second-order valence-electron chi connectivity index (χ2n) is 13.0. The summed E-state index contributed by atoms with van der Waals surface area (Å²) >= 11 is 0. The van der Waals surface area contributed by atoms with E-state index in [4.69, 9.17) is 0 Å². The van der Waals surface area contributed by atoms with Crippen molar-refractivity contribution < 1.29 is 20.1 Å². The lowest BCUT2D eigenvalue weighted by atomic mass is 9.57. The Morgan fingerprint density at radius 2 is 1.80 bits per heavy atom. The molecule has 0 saturated heterocycles. The van der Waals surface area contributed by atoms with Crippen molar-refractivity contribution in [2.24, 2.45) is 28.1 Å². The van der Waals surface area contributed by atoms with E-state index in [1.165, 1.54) is 31.3 Å². The highest BCUT2D eigenvalue weighted by molar-refractivity contribution is 5.88. The Labute approximate surface area is 212 Å². The fourth-order valence-corrected chi connectivity index (χ4v) is 7.98. The number of carbonyl (C=O) groups excluding carboxylic acids is 1. The Kier molecular flexibility index (Phi) is 7.87. The highest BCUT2D eigenvalue weighted by Crippen LogP contribution is 2.62. The normalized spacial score (nSPS) is 36.9. The van der Waals surface area contributed by atoms with Crippen LogP contribution in [0.1, 0.15) is 105 Å². The van der Waals surface area contributed by atoms with Gasteiger partial charge in [0.05, 0.1) is 23.7 Å². The van der Waals surface area contributed by atoms with Crippen LogP contribution in [0, 0.1) is 28.1 Å². The first-order valence-electron chi connectivity index (χ1n) is 14.2. The van der Waals surface area contributed by atoms with Gasteiger partial charge in [-0.3, -0.25) is 4.79 Å². The molecule has 0 heterocycles. The maximum atomic E-state index is 12.6. The van der Waals surface area contributed by atoms with Gasteiger partial charge < -0.3 is 15.3 Å². The minimum atomic E-state index is -0.666. The van der Waals surface area contributed by atoms with Gasteiger partial charge in [0.25, 0.3) is 0 Å². The molecule has 0 amide bonds. The van der Waals surface area contributed by atoms with Crippen molar-refractivity contribution >= 4 is 5.78 Å². The van der Waals surface area contributed by atoms with E-state index >= 15 is 0 Å².